The lowest BCUT2D eigenvalue weighted by atomic mass is 9.97. The van der Waals surface area contributed by atoms with Crippen LogP contribution >= 0.6 is 0 Å². The van der Waals surface area contributed by atoms with Crippen molar-refractivity contribution in [2.24, 2.45) is 11.8 Å². The molecule has 0 saturated carbocycles. The highest BCUT2D eigenvalue weighted by Gasteiger charge is 2.65. The minimum Gasteiger partial charge on any atom is -0.396 e. The second-order valence-corrected chi connectivity index (χ2v) is 6.70. The minimum absolute atomic E-state index is 0.0943. The van der Waals surface area contributed by atoms with E-state index in [4.69, 9.17) is 0 Å². The van der Waals surface area contributed by atoms with Crippen molar-refractivity contribution in [2.45, 2.75) is 25.2 Å². The lowest BCUT2D eigenvalue weighted by molar-refractivity contribution is -0.279. The molecule has 0 amide bonds. The zero-order valence-electron chi connectivity index (χ0n) is 14.8. The summed E-state index contributed by atoms with van der Waals surface area (Å²) in [5.41, 5.74) is 0.493. The van der Waals surface area contributed by atoms with E-state index in [1.165, 1.54) is 18.3 Å². The molecule has 13 heteroatoms. The first kappa shape index (κ1) is 21.1. The Hall–Kier alpha value is -2.57. The number of carbonyl (C=O) groups excluding carboxylic acids is 2. The predicted octanol–water partition coefficient (Wildman–Crippen LogP) is 1.91. The largest absolute Gasteiger partial charge is 0.491 e. The van der Waals surface area contributed by atoms with Crippen LogP contribution in [-0.4, -0.2) is 54.8 Å². The first-order valence-electron chi connectivity index (χ1n) is 8.36. The van der Waals surface area contributed by atoms with Crippen LogP contribution in [0, 0.1) is 18.8 Å². The molecule has 1 aromatic heterocycles. The summed E-state index contributed by atoms with van der Waals surface area (Å²) in [5, 5.41) is 2.80. The lowest BCUT2D eigenvalue weighted by Gasteiger charge is -2.40. The fourth-order valence-electron chi connectivity index (χ4n) is 3.56. The van der Waals surface area contributed by atoms with E-state index in [1.807, 2.05) is 0 Å². The molecule has 3 rings (SSSR count). The van der Waals surface area contributed by atoms with Gasteiger partial charge in [0.1, 0.15) is 0 Å². The smallest absolute Gasteiger partial charge is 0.396 e. The molecule has 2 aliphatic rings. The van der Waals surface area contributed by atoms with Gasteiger partial charge in [0.05, 0.1) is 5.92 Å². The van der Waals surface area contributed by atoms with Crippen molar-refractivity contribution >= 4 is 17.6 Å². The normalized spacial score (nSPS) is 23.6. The Morgan fingerprint density at radius 2 is 1.72 bits per heavy atom. The van der Waals surface area contributed by atoms with Gasteiger partial charge in [0.25, 0.3) is 0 Å². The summed E-state index contributed by atoms with van der Waals surface area (Å²) < 4.78 is 86.4. The highest BCUT2D eigenvalue weighted by molar-refractivity contribution is 5.79. The molecular weight excluding hydrogens is 412 g/mol. The van der Waals surface area contributed by atoms with E-state index in [9.17, 15) is 35.9 Å². The number of pyridine rings is 1. The molecule has 0 aliphatic carbocycles. The zero-order valence-corrected chi connectivity index (χ0v) is 14.8. The Bertz CT molecular complexity index is 785. The maximum Gasteiger partial charge on any atom is 0.491 e. The van der Waals surface area contributed by atoms with Gasteiger partial charge in [-0.15, -0.1) is 0 Å². The maximum absolute atomic E-state index is 12.9. The second kappa shape index (κ2) is 7.04. The molecule has 29 heavy (non-hydrogen) atoms. The van der Waals surface area contributed by atoms with Gasteiger partial charge in [-0.3, -0.25) is 9.88 Å². The molecule has 160 valence electrons. The molecule has 3 heterocycles. The Morgan fingerprint density at radius 3 is 2.24 bits per heavy atom. The van der Waals surface area contributed by atoms with Crippen LogP contribution in [0.1, 0.15) is 5.69 Å². The van der Waals surface area contributed by atoms with Crippen LogP contribution in [0.5, 0.6) is 0 Å². The number of ether oxygens (including phenoxy) is 2. The average Bonchev–Trinajstić information content (AvgIpc) is 3.15. The van der Waals surface area contributed by atoms with Crippen molar-refractivity contribution < 1.29 is 45.4 Å². The van der Waals surface area contributed by atoms with Crippen LogP contribution in [0.4, 0.5) is 32.0 Å². The summed E-state index contributed by atoms with van der Waals surface area (Å²) in [7, 11) is 0. The number of rotatable bonds is 3. The molecule has 2 unspecified atom stereocenters. The van der Waals surface area contributed by atoms with E-state index in [1.54, 1.807) is 6.92 Å². The Kier molecular flexibility index (Phi) is 5.13. The number of aromatic nitrogens is 1. The predicted molar refractivity (Wildman–Crippen MR) is 83.2 cm³/mol. The SMILES string of the molecule is Cc1cc(N2CC3CNCC3C2(OC(=O)C(F)(F)F)OC(=O)C(F)(F)F)ccn1. The third kappa shape index (κ3) is 3.95. The molecule has 0 radical (unpaired) electrons. The van der Waals surface area contributed by atoms with E-state index in [2.05, 4.69) is 19.8 Å². The van der Waals surface area contributed by atoms with Crippen molar-refractivity contribution in [2.75, 3.05) is 24.5 Å². The third-order valence-electron chi connectivity index (χ3n) is 4.73. The molecule has 1 aromatic rings. The van der Waals surface area contributed by atoms with Gasteiger partial charge in [0.2, 0.25) is 0 Å². The number of nitrogens with one attached hydrogen (secondary N) is 1. The third-order valence-corrected chi connectivity index (χ3v) is 4.73. The van der Waals surface area contributed by atoms with Crippen LogP contribution in [-0.2, 0) is 19.1 Å². The van der Waals surface area contributed by atoms with Crippen LogP contribution < -0.4 is 10.2 Å². The van der Waals surface area contributed by atoms with Crippen molar-refractivity contribution in [3.05, 3.63) is 24.0 Å². The number of halogens is 6. The fraction of sp³-hybridized carbons (Fsp3) is 0.562. The van der Waals surface area contributed by atoms with E-state index < -0.39 is 42.0 Å². The molecular formula is C16H15F6N3O4. The molecule has 0 bridgehead atoms. The van der Waals surface area contributed by atoms with Gasteiger partial charge in [-0.05, 0) is 19.1 Å². The first-order chi connectivity index (χ1) is 13.3. The highest BCUT2D eigenvalue weighted by atomic mass is 19.4. The van der Waals surface area contributed by atoms with E-state index in [0.29, 0.717) is 5.69 Å². The van der Waals surface area contributed by atoms with Gasteiger partial charge < -0.3 is 14.8 Å². The number of nitrogens with zero attached hydrogens (tertiary/aromatic N) is 2. The number of fused-ring (bicyclic) bond motifs is 1. The Morgan fingerprint density at radius 1 is 1.14 bits per heavy atom. The van der Waals surface area contributed by atoms with Gasteiger partial charge in [0.15, 0.2) is 0 Å². The molecule has 2 atom stereocenters. The molecule has 2 saturated heterocycles. The maximum atomic E-state index is 12.9. The van der Waals surface area contributed by atoms with Crippen LogP contribution in [0.15, 0.2) is 18.3 Å². The Balaban J connectivity index is 2.11. The second-order valence-electron chi connectivity index (χ2n) is 6.70. The summed E-state index contributed by atoms with van der Waals surface area (Å²) in [6, 6.07) is 2.67. The summed E-state index contributed by atoms with van der Waals surface area (Å²) >= 11 is 0. The van der Waals surface area contributed by atoms with Gasteiger partial charge in [-0.1, -0.05) is 0 Å². The van der Waals surface area contributed by atoms with E-state index >= 15 is 0 Å². The van der Waals surface area contributed by atoms with Crippen molar-refractivity contribution in [3.8, 4) is 0 Å². The van der Waals surface area contributed by atoms with E-state index in [0.717, 1.165) is 4.90 Å². The number of alkyl halides is 6. The van der Waals surface area contributed by atoms with Gasteiger partial charge in [-0.25, -0.2) is 9.59 Å². The average molecular weight is 427 g/mol. The van der Waals surface area contributed by atoms with Crippen LogP contribution in [0.2, 0.25) is 0 Å². The number of anilines is 1. The molecule has 7 nitrogen and oxygen atoms in total. The van der Waals surface area contributed by atoms with Crippen molar-refractivity contribution in [1.29, 1.82) is 0 Å². The molecule has 1 N–H and O–H groups in total. The topological polar surface area (TPSA) is 80.8 Å². The van der Waals surface area contributed by atoms with Crippen molar-refractivity contribution in [3.63, 3.8) is 0 Å². The summed E-state index contributed by atoms with van der Waals surface area (Å²) in [5.74, 6) is -10.2. The monoisotopic (exact) mass is 427 g/mol. The quantitative estimate of drug-likeness (QED) is 0.449. The van der Waals surface area contributed by atoms with Gasteiger partial charge in [-0.2, -0.15) is 26.3 Å². The first-order valence-corrected chi connectivity index (χ1v) is 8.36. The van der Waals surface area contributed by atoms with Crippen molar-refractivity contribution in [1.82, 2.24) is 10.3 Å². The minimum atomic E-state index is -5.51. The molecule has 2 aliphatic heterocycles. The molecule has 0 spiro atoms. The number of esters is 2. The number of hydrogen-bond acceptors (Lipinski definition) is 7. The summed E-state index contributed by atoms with van der Waals surface area (Å²) in [6.07, 6.45) is -9.75. The number of carbonyl (C=O) groups is 2. The highest BCUT2D eigenvalue weighted by Crippen LogP contribution is 2.47. The molecule has 0 aromatic carbocycles. The van der Waals surface area contributed by atoms with Gasteiger partial charge >= 0.3 is 30.2 Å². The summed E-state index contributed by atoms with van der Waals surface area (Å²) in [6.45, 7) is 1.53. The lowest BCUT2D eigenvalue weighted by Crippen LogP contribution is -2.59. The zero-order chi connectivity index (χ0) is 21.6. The van der Waals surface area contributed by atoms with E-state index in [-0.39, 0.29) is 25.3 Å². The van der Waals surface area contributed by atoms with Crippen LogP contribution in [0.3, 0.4) is 0 Å². The Labute approximate surface area is 160 Å². The molecule has 2 fully saturated rings. The standard InChI is InChI=1S/C16H15F6N3O4/c1-8-4-10(2-3-24-8)25-7-9-5-23-6-11(9)16(25,28-12(26)14(17,18)19)29-13(27)15(20,21)22/h2-4,9,11,23H,5-7H2,1H3. The van der Waals surface area contributed by atoms with Gasteiger partial charge in [0, 0.05) is 43.1 Å². The number of hydrogen-bond donors (Lipinski definition) is 1. The summed E-state index contributed by atoms with van der Waals surface area (Å²) in [4.78, 5) is 28.1. The number of aryl methyl sites for hydroxylation is 1. The van der Waals surface area contributed by atoms with Crippen LogP contribution in [0.25, 0.3) is 0 Å². The fourth-order valence-corrected chi connectivity index (χ4v) is 3.56.